The van der Waals surface area contributed by atoms with E-state index in [2.05, 4.69) is 28.9 Å². The Morgan fingerprint density at radius 2 is 2.29 bits per heavy atom. The van der Waals surface area contributed by atoms with Crippen molar-refractivity contribution < 1.29 is 4.79 Å². The van der Waals surface area contributed by atoms with Crippen LogP contribution in [0.25, 0.3) is 0 Å². The Morgan fingerprint density at radius 3 is 2.88 bits per heavy atom. The summed E-state index contributed by atoms with van der Waals surface area (Å²) in [5.74, 6) is 0.0667. The Balaban J connectivity index is 2.38. The summed E-state index contributed by atoms with van der Waals surface area (Å²) in [6.45, 7) is 4.45. The van der Waals surface area contributed by atoms with Crippen LogP contribution in [-0.4, -0.2) is 17.3 Å². The van der Waals surface area contributed by atoms with Gasteiger partial charge in [-0.05, 0) is 30.0 Å². The molecule has 0 aliphatic carbocycles. The third-order valence-electron chi connectivity index (χ3n) is 3.05. The number of carbonyl (C=O) groups excluding carboxylic acids is 1. The molecule has 1 aliphatic rings. The van der Waals surface area contributed by atoms with E-state index in [1.54, 1.807) is 11.8 Å². The number of fused-ring (bicyclic) bond motifs is 1. The fraction of sp³-hybridized carbons (Fsp3) is 0.462. The smallest absolute Gasteiger partial charge is 0.223 e. The number of nitrogen functional groups attached to an aromatic ring is 1. The van der Waals surface area contributed by atoms with Crippen molar-refractivity contribution in [1.82, 2.24) is 0 Å². The molecule has 1 aliphatic heterocycles. The molecule has 3 nitrogen and oxygen atoms in total. The number of nitrogens with zero attached hydrogens (tertiary/aromatic N) is 1. The van der Waals surface area contributed by atoms with Crippen molar-refractivity contribution in [1.29, 1.82) is 0 Å². The summed E-state index contributed by atoms with van der Waals surface area (Å²) in [5, 5.41) is 0. The molecule has 1 heterocycles. The topological polar surface area (TPSA) is 46.3 Å². The summed E-state index contributed by atoms with van der Waals surface area (Å²) < 4.78 is 0. The van der Waals surface area contributed by atoms with Crippen LogP contribution in [0, 0.1) is 0 Å². The molecule has 1 aromatic carbocycles. The highest BCUT2D eigenvalue weighted by Gasteiger charge is 2.25. The second-order valence-corrected chi connectivity index (χ2v) is 6.16. The maximum absolute atomic E-state index is 11.5. The molecule has 0 unspecified atom stereocenters. The van der Waals surface area contributed by atoms with E-state index in [-0.39, 0.29) is 5.91 Å². The molecule has 0 radical (unpaired) electrons. The van der Waals surface area contributed by atoms with Gasteiger partial charge in [0.25, 0.3) is 0 Å². The van der Waals surface area contributed by atoms with E-state index in [1.165, 1.54) is 11.1 Å². The second-order valence-electron chi connectivity index (χ2n) is 4.60. The van der Waals surface area contributed by atoms with Crippen LogP contribution in [0.4, 0.5) is 11.4 Å². The molecule has 0 saturated heterocycles. The number of nitrogens with two attached hydrogens (primary N) is 1. The first-order valence-corrected chi connectivity index (χ1v) is 6.74. The van der Waals surface area contributed by atoms with Crippen LogP contribution in [0.3, 0.4) is 0 Å². The van der Waals surface area contributed by atoms with Crippen LogP contribution in [0.5, 0.6) is 0 Å². The standard InChI is InChI=1S/C13H17BrN2O/c1-8(14)5-10-6-11-3-4-16(9(2)17)13(11)12(15)7-10/h6-8H,3-5,15H2,1-2H3/t8-/m0/s1. The van der Waals surface area contributed by atoms with Gasteiger partial charge < -0.3 is 10.6 Å². The molecule has 0 aromatic heterocycles. The highest BCUT2D eigenvalue weighted by molar-refractivity contribution is 9.09. The maximum atomic E-state index is 11.5. The van der Waals surface area contributed by atoms with Crippen molar-refractivity contribution in [3.8, 4) is 0 Å². The van der Waals surface area contributed by atoms with E-state index >= 15 is 0 Å². The fourth-order valence-corrected chi connectivity index (χ4v) is 2.78. The summed E-state index contributed by atoms with van der Waals surface area (Å²) in [4.78, 5) is 13.7. The Kier molecular flexibility index (Phi) is 3.43. The quantitative estimate of drug-likeness (QED) is 0.673. The van der Waals surface area contributed by atoms with Crippen molar-refractivity contribution in [2.24, 2.45) is 0 Å². The lowest BCUT2D eigenvalue weighted by atomic mass is 10.0. The lowest BCUT2D eigenvalue weighted by molar-refractivity contribution is -0.116. The molecule has 0 fully saturated rings. The van der Waals surface area contributed by atoms with Gasteiger partial charge in [0.15, 0.2) is 0 Å². The van der Waals surface area contributed by atoms with Crippen molar-refractivity contribution in [3.63, 3.8) is 0 Å². The molecule has 0 bridgehead atoms. The zero-order chi connectivity index (χ0) is 12.6. The average Bonchev–Trinajstić information content (AvgIpc) is 2.60. The number of anilines is 2. The molecule has 2 rings (SSSR count). The van der Waals surface area contributed by atoms with E-state index < -0.39 is 0 Å². The van der Waals surface area contributed by atoms with Crippen molar-refractivity contribution in [2.45, 2.75) is 31.5 Å². The first kappa shape index (κ1) is 12.4. The molecule has 0 spiro atoms. The van der Waals surface area contributed by atoms with E-state index in [0.717, 1.165) is 30.8 Å². The van der Waals surface area contributed by atoms with Gasteiger partial charge in [-0.3, -0.25) is 4.79 Å². The number of hydrogen-bond donors (Lipinski definition) is 1. The van der Waals surface area contributed by atoms with E-state index in [0.29, 0.717) is 4.83 Å². The molecule has 1 atom stereocenters. The SMILES string of the molecule is CC(=O)N1CCc2cc(C[C@H](C)Br)cc(N)c21. The van der Waals surface area contributed by atoms with Crippen LogP contribution >= 0.6 is 15.9 Å². The molecule has 17 heavy (non-hydrogen) atoms. The summed E-state index contributed by atoms with van der Waals surface area (Å²) in [5.41, 5.74) is 10.1. The van der Waals surface area contributed by atoms with Crippen LogP contribution in [0.15, 0.2) is 12.1 Å². The Morgan fingerprint density at radius 1 is 1.59 bits per heavy atom. The Hall–Kier alpha value is -1.03. The molecule has 0 saturated carbocycles. The normalized spacial score (nSPS) is 15.8. The molecule has 2 N–H and O–H groups in total. The van der Waals surface area contributed by atoms with Gasteiger partial charge >= 0.3 is 0 Å². The molecule has 1 amide bonds. The van der Waals surface area contributed by atoms with Crippen molar-refractivity contribution in [3.05, 3.63) is 23.3 Å². The molecular weight excluding hydrogens is 280 g/mol. The van der Waals surface area contributed by atoms with Crippen LogP contribution in [0.2, 0.25) is 0 Å². The maximum Gasteiger partial charge on any atom is 0.223 e. The van der Waals surface area contributed by atoms with Crippen LogP contribution in [-0.2, 0) is 17.6 Å². The van der Waals surface area contributed by atoms with E-state index in [1.807, 2.05) is 6.07 Å². The predicted octanol–water partition coefficient (Wildman–Crippen LogP) is 2.50. The number of carbonyl (C=O) groups is 1. The second kappa shape index (κ2) is 4.69. The van der Waals surface area contributed by atoms with Gasteiger partial charge in [-0.2, -0.15) is 0 Å². The largest absolute Gasteiger partial charge is 0.397 e. The summed E-state index contributed by atoms with van der Waals surface area (Å²) in [6, 6.07) is 4.16. The van der Waals surface area contributed by atoms with Gasteiger partial charge in [0.05, 0.1) is 11.4 Å². The van der Waals surface area contributed by atoms with Crippen LogP contribution < -0.4 is 10.6 Å². The highest BCUT2D eigenvalue weighted by Crippen LogP contribution is 2.35. The zero-order valence-corrected chi connectivity index (χ0v) is 11.8. The number of hydrogen-bond acceptors (Lipinski definition) is 2. The van der Waals surface area contributed by atoms with E-state index in [4.69, 9.17) is 5.73 Å². The third-order valence-corrected chi connectivity index (χ3v) is 3.37. The first-order chi connectivity index (χ1) is 7.99. The highest BCUT2D eigenvalue weighted by atomic mass is 79.9. The minimum Gasteiger partial charge on any atom is -0.397 e. The molecule has 1 aromatic rings. The molecule has 4 heteroatoms. The van der Waals surface area contributed by atoms with Gasteiger partial charge in [-0.25, -0.2) is 0 Å². The lowest BCUT2D eigenvalue weighted by Crippen LogP contribution is -2.26. The van der Waals surface area contributed by atoms with Crippen molar-refractivity contribution >= 4 is 33.2 Å². The minimum atomic E-state index is 0.0667. The van der Waals surface area contributed by atoms with Gasteiger partial charge in [-0.1, -0.05) is 28.9 Å². The number of amides is 1. The summed E-state index contributed by atoms with van der Waals surface area (Å²) in [7, 11) is 0. The minimum absolute atomic E-state index is 0.0667. The average molecular weight is 297 g/mol. The van der Waals surface area contributed by atoms with Gasteiger partial charge in [0.2, 0.25) is 5.91 Å². The number of benzene rings is 1. The van der Waals surface area contributed by atoms with E-state index in [9.17, 15) is 4.79 Å². The van der Waals surface area contributed by atoms with Crippen LogP contribution in [0.1, 0.15) is 25.0 Å². The fourth-order valence-electron chi connectivity index (χ4n) is 2.41. The van der Waals surface area contributed by atoms with Gasteiger partial charge in [0, 0.05) is 18.3 Å². The zero-order valence-electron chi connectivity index (χ0n) is 10.2. The number of halogens is 1. The third kappa shape index (κ3) is 2.46. The Bertz CT molecular complexity index is 457. The molecule has 92 valence electrons. The summed E-state index contributed by atoms with van der Waals surface area (Å²) >= 11 is 3.55. The first-order valence-electron chi connectivity index (χ1n) is 5.82. The number of rotatable bonds is 2. The van der Waals surface area contributed by atoms with Gasteiger partial charge in [0.1, 0.15) is 0 Å². The lowest BCUT2D eigenvalue weighted by Gasteiger charge is -2.17. The van der Waals surface area contributed by atoms with Gasteiger partial charge in [-0.15, -0.1) is 0 Å². The molecular formula is C13H17BrN2O. The van der Waals surface area contributed by atoms with Crippen molar-refractivity contribution in [2.75, 3.05) is 17.2 Å². The Labute approximate surface area is 110 Å². The summed E-state index contributed by atoms with van der Waals surface area (Å²) in [6.07, 6.45) is 1.86. The monoisotopic (exact) mass is 296 g/mol. The predicted molar refractivity (Wildman–Crippen MR) is 74.7 cm³/mol. The number of alkyl halides is 1.